The van der Waals surface area contributed by atoms with Crippen LogP contribution < -0.4 is 4.90 Å². The molecule has 0 aromatic heterocycles. The minimum atomic E-state index is -0.731. The number of aromatic hydroxyl groups is 1. The summed E-state index contributed by atoms with van der Waals surface area (Å²) in [5.41, 5.74) is -0.476. The van der Waals surface area contributed by atoms with E-state index in [-0.39, 0.29) is 49.7 Å². The van der Waals surface area contributed by atoms with Gasteiger partial charge in [0, 0.05) is 6.54 Å². The van der Waals surface area contributed by atoms with Gasteiger partial charge < -0.3 is 19.5 Å². The summed E-state index contributed by atoms with van der Waals surface area (Å²) >= 11 is 0. The van der Waals surface area contributed by atoms with Gasteiger partial charge in [0.1, 0.15) is 24.4 Å². The van der Waals surface area contributed by atoms with Crippen molar-refractivity contribution in [1.29, 1.82) is 0 Å². The van der Waals surface area contributed by atoms with Gasteiger partial charge >= 0.3 is 11.9 Å². The van der Waals surface area contributed by atoms with Crippen LogP contribution in [0.25, 0.3) is 0 Å². The zero-order valence-electron chi connectivity index (χ0n) is 17.1. The number of phenolic OH excluding ortho intramolecular Hbond substituents is 1. The second-order valence-electron chi connectivity index (χ2n) is 7.55. The lowest BCUT2D eigenvalue weighted by atomic mass is 10.1. The van der Waals surface area contributed by atoms with Gasteiger partial charge in [-0.15, -0.1) is 0 Å². The third-order valence-corrected chi connectivity index (χ3v) is 4.01. The lowest BCUT2D eigenvalue weighted by Gasteiger charge is -2.25. The van der Waals surface area contributed by atoms with Gasteiger partial charge in [0.2, 0.25) is 5.91 Å². The molecule has 0 atom stereocenters. The highest BCUT2D eigenvalue weighted by atomic mass is 16.6. The monoisotopic (exact) mass is 406 g/mol. The molecule has 1 N–H and O–H groups in total. The van der Waals surface area contributed by atoms with Crippen molar-refractivity contribution < 1.29 is 33.8 Å². The second-order valence-corrected chi connectivity index (χ2v) is 7.55. The van der Waals surface area contributed by atoms with Gasteiger partial charge in [0.25, 0.3) is 5.91 Å². The summed E-state index contributed by atoms with van der Waals surface area (Å²) in [6.07, 6.45) is -0.0763. The fourth-order valence-electron chi connectivity index (χ4n) is 2.87. The molecule has 0 saturated carbocycles. The first-order valence-electron chi connectivity index (χ1n) is 9.32. The predicted octanol–water partition coefficient (Wildman–Crippen LogP) is 1.48. The average Bonchev–Trinajstić information content (AvgIpc) is 2.69. The van der Waals surface area contributed by atoms with Gasteiger partial charge in [-0.1, -0.05) is 0 Å². The number of anilines is 1. The van der Waals surface area contributed by atoms with E-state index < -0.39 is 29.4 Å². The van der Waals surface area contributed by atoms with Gasteiger partial charge in [-0.05, 0) is 45.9 Å². The maximum absolute atomic E-state index is 12.9. The number of rotatable bonds is 6. The van der Waals surface area contributed by atoms with Crippen molar-refractivity contribution in [2.45, 2.75) is 39.7 Å². The molecule has 0 spiro atoms. The summed E-state index contributed by atoms with van der Waals surface area (Å²) in [7, 11) is 0. The first-order valence-corrected chi connectivity index (χ1v) is 9.32. The zero-order chi connectivity index (χ0) is 21.8. The molecule has 2 rings (SSSR count). The molecule has 1 aromatic carbocycles. The minimum absolute atomic E-state index is 0.0290. The Morgan fingerprint density at radius 2 is 1.86 bits per heavy atom. The summed E-state index contributed by atoms with van der Waals surface area (Å²) in [5, 5.41) is 9.82. The third kappa shape index (κ3) is 5.94. The Morgan fingerprint density at radius 3 is 2.48 bits per heavy atom. The second kappa shape index (κ2) is 8.93. The average molecular weight is 406 g/mol. The lowest BCUT2D eigenvalue weighted by Crippen LogP contribution is -2.43. The minimum Gasteiger partial charge on any atom is -0.508 e. The van der Waals surface area contributed by atoms with Crippen LogP contribution in [0.15, 0.2) is 18.2 Å². The number of hydrogen-bond acceptors (Lipinski definition) is 7. The van der Waals surface area contributed by atoms with Crippen LogP contribution in [0, 0.1) is 0 Å². The molecule has 1 aliphatic heterocycles. The highest BCUT2D eigenvalue weighted by molar-refractivity contribution is 6.11. The Kier molecular flexibility index (Phi) is 6.84. The Morgan fingerprint density at radius 1 is 1.17 bits per heavy atom. The van der Waals surface area contributed by atoms with E-state index in [1.54, 1.807) is 27.7 Å². The van der Waals surface area contributed by atoms with Gasteiger partial charge in [0.15, 0.2) is 0 Å². The quantitative estimate of drug-likeness (QED) is 0.712. The van der Waals surface area contributed by atoms with Crippen molar-refractivity contribution in [2.24, 2.45) is 0 Å². The molecule has 0 unspecified atom stereocenters. The number of esters is 2. The number of carbonyl (C=O) groups is 4. The van der Waals surface area contributed by atoms with Crippen molar-refractivity contribution in [3.05, 3.63) is 23.8 Å². The van der Waals surface area contributed by atoms with Crippen molar-refractivity contribution in [1.82, 2.24) is 4.90 Å². The van der Waals surface area contributed by atoms with Crippen molar-refractivity contribution in [3.8, 4) is 5.75 Å². The summed E-state index contributed by atoms with van der Waals surface area (Å²) in [4.78, 5) is 52.1. The summed E-state index contributed by atoms with van der Waals surface area (Å²) in [5.74, 6) is -2.30. The number of benzene rings is 1. The molecule has 0 radical (unpaired) electrons. The van der Waals surface area contributed by atoms with E-state index in [0.717, 1.165) is 4.90 Å². The molecule has 0 fully saturated rings. The first-order chi connectivity index (χ1) is 13.5. The molecule has 9 nitrogen and oxygen atoms in total. The van der Waals surface area contributed by atoms with Crippen LogP contribution in [0.3, 0.4) is 0 Å². The van der Waals surface area contributed by atoms with E-state index in [9.17, 15) is 24.3 Å². The summed E-state index contributed by atoms with van der Waals surface area (Å²) in [6, 6.07) is 3.96. The normalized spacial score (nSPS) is 14.3. The maximum atomic E-state index is 12.9. The highest BCUT2D eigenvalue weighted by Crippen LogP contribution is 2.29. The fraction of sp³-hybridized carbons (Fsp3) is 0.500. The van der Waals surface area contributed by atoms with E-state index in [0.29, 0.717) is 0 Å². The number of hydrogen-bond donors (Lipinski definition) is 1. The summed E-state index contributed by atoms with van der Waals surface area (Å²) < 4.78 is 10.1. The molecule has 0 bridgehead atoms. The number of ether oxygens (including phenoxy) is 2. The van der Waals surface area contributed by atoms with Crippen molar-refractivity contribution in [3.63, 3.8) is 0 Å². The molecule has 158 valence electrons. The van der Waals surface area contributed by atoms with Crippen LogP contribution in [-0.2, 0) is 23.9 Å². The zero-order valence-corrected chi connectivity index (χ0v) is 17.1. The van der Waals surface area contributed by atoms with Crippen molar-refractivity contribution >= 4 is 29.4 Å². The van der Waals surface area contributed by atoms with Crippen LogP contribution in [0.4, 0.5) is 5.69 Å². The Bertz CT molecular complexity index is 814. The number of amides is 2. The SMILES string of the molecule is CCOC(=O)CCN1CC(=O)N(CC(=O)OC(C)(C)C)c2ccc(O)cc2C1=O. The Balaban J connectivity index is 2.31. The van der Waals surface area contributed by atoms with Crippen LogP contribution in [-0.4, -0.2) is 65.6 Å². The molecule has 2 amide bonds. The standard InChI is InChI=1S/C20H26N2O7/c1-5-28-17(25)8-9-21-11-16(24)22(12-18(26)29-20(2,3)4)15-7-6-13(23)10-14(15)19(21)27/h6-7,10,23H,5,8-9,11-12H2,1-4H3. The molecule has 0 aliphatic carbocycles. The fourth-order valence-corrected chi connectivity index (χ4v) is 2.87. The van der Waals surface area contributed by atoms with Gasteiger partial charge in [-0.25, -0.2) is 0 Å². The molecular weight excluding hydrogens is 380 g/mol. The van der Waals surface area contributed by atoms with Gasteiger partial charge in [-0.3, -0.25) is 24.1 Å². The van der Waals surface area contributed by atoms with E-state index in [2.05, 4.69) is 0 Å². The predicted molar refractivity (Wildman–Crippen MR) is 103 cm³/mol. The summed E-state index contributed by atoms with van der Waals surface area (Å²) in [6.45, 7) is 6.28. The smallest absolute Gasteiger partial charge is 0.326 e. The van der Waals surface area contributed by atoms with Crippen LogP contribution in [0.1, 0.15) is 44.5 Å². The van der Waals surface area contributed by atoms with E-state index in [1.165, 1.54) is 23.1 Å². The number of fused-ring (bicyclic) bond motifs is 1. The molecule has 9 heteroatoms. The molecule has 1 aromatic rings. The highest BCUT2D eigenvalue weighted by Gasteiger charge is 2.34. The topological polar surface area (TPSA) is 113 Å². The molecular formula is C20H26N2O7. The van der Waals surface area contributed by atoms with E-state index in [4.69, 9.17) is 9.47 Å². The number of phenols is 1. The lowest BCUT2D eigenvalue weighted by molar-refractivity contribution is -0.153. The Hall–Kier alpha value is -3.10. The van der Waals surface area contributed by atoms with Crippen LogP contribution >= 0.6 is 0 Å². The van der Waals surface area contributed by atoms with Crippen LogP contribution in [0.5, 0.6) is 5.75 Å². The van der Waals surface area contributed by atoms with Crippen molar-refractivity contribution in [2.75, 3.05) is 31.1 Å². The number of carbonyl (C=O) groups excluding carboxylic acids is 4. The van der Waals surface area contributed by atoms with E-state index >= 15 is 0 Å². The maximum Gasteiger partial charge on any atom is 0.326 e. The third-order valence-electron chi connectivity index (χ3n) is 4.01. The largest absolute Gasteiger partial charge is 0.508 e. The first kappa shape index (κ1) is 22.2. The molecule has 1 heterocycles. The molecule has 1 aliphatic rings. The molecule has 29 heavy (non-hydrogen) atoms. The Labute approximate surface area is 169 Å². The van der Waals surface area contributed by atoms with Gasteiger partial charge in [0.05, 0.1) is 24.3 Å². The van der Waals surface area contributed by atoms with E-state index in [1.807, 2.05) is 0 Å². The molecule has 0 saturated heterocycles. The van der Waals surface area contributed by atoms with Crippen LogP contribution in [0.2, 0.25) is 0 Å². The van der Waals surface area contributed by atoms with Gasteiger partial charge in [-0.2, -0.15) is 0 Å². The number of nitrogens with zero attached hydrogens (tertiary/aromatic N) is 2.